The van der Waals surface area contributed by atoms with Crippen molar-refractivity contribution in [1.29, 1.82) is 0 Å². The van der Waals surface area contributed by atoms with Crippen LogP contribution in [0.1, 0.15) is 38.5 Å². The molecule has 0 spiro atoms. The molecule has 1 unspecified atom stereocenters. The zero-order chi connectivity index (χ0) is 12.0. The van der Waals surface area contributed by atoms with Crippen molar-refractivity contribution in [2.24, 2.45) is 5.41 Å². The van der Waals surface area contributed by atoms with E-state index in [1.54, 1.807) is 0 Å². The molecule has 0 amide bonds. The van der Waals surface area contributed by atoms with Gasteiger partial charge in [-0.05, 0) is 52.9 Å². The standard InChI is InChI=1S/C13H22BrNS/c1-4-8-13(3,10-15-5-2)9-11-6-7-12(14)16-11/h6-7,15H,4-5,8-10H2,1-3H3. The lowest BCUT2D eigenvalue weighted by atomic mass is 9.81. The summed E-state index contributed by atoms with van der Waals surface area (Å²) in [6, 6.07) is 4.40. The Hall–Kier alpha value is 0.140. The molecule has 0 aliphatic rings. The summed E-state index contributed by atoms with van der Waals surface area (Å²) in [6.45, 7) is 9.02. The normalized spacial score (nSPS) is 15.0. The minimum atomic E-state index is 0.398. The van der Waals surface area contributed by atoms with E-state index in [0.29, 0.717) is 5.41 Å². The van der Waals surface area contributed by atoms with E-state index < -0.39 is 0 Å². The van der Waals surface area contributed by atoms with Gasteiger partial charge in [0.15, 0.2) is 0 Å². The van der Waals surface area contributed by atoms with Crippen molar-refractivity contribution in [2.45, 2.75) is 40.0 Å². The van der Waals surface area contributed by atoms with Crippen molar-refractivity contribution >= 4 is 27.3 Å². The second kappa shape index (κ2) is 6.77. The molecular formula is C13H22BrNS. The van der Waals surface area contributed by atoms with E-state index in [9.17, 15) is 0 Å². The Bertz CT molecular complexity index is 311. The van der Waals surface area contributed by atoms with Crippen LogP contribution in [0.5, 0.6) is 0 Å². The van der Waals surface area contributed by atoms with E-state index in [4.69, 9.17) is 0 Å². The van der Waals surface area contributed by atoms with Crippen molar-refractivity contribution in [3.63, 3.8) is 0 Å². The van der Waals surface area contributed by atoms with Gasteiger partial charge in [-0.15, -0.1) is 11.3 Å². The molecule has 0 saturated carbocycles. The van der Waals surface area contributed by atoms with Crippen molar-refractivity contribution in [3.8, 4) is 0 Å². The van der Waals surface area contributed by atoms with Gasteiger partial charge in [0.2, 0.25) is 0 Å². The summed E-state index contributed by atoms with van der Waals surface area (Å²) in [5.41, 5.74) is 0.398. The molecule has 0 radical (unpaired) electrons. The molecule has 0 aliphatic heterocycles. The Morgan fingerprint density at radius 2 is 2.12 bits per heavy atom. The maximum absolute atomic E-state index is 3.53. The fourth-order valence-electron chi connectivity index (χ4n) is 2.14. The van der Waals surface area contributed by atoms with Crippen molar-refractivity contribution < 1.29 is 0 Å². The Balaban J connectivity index is 2.62. The van der Waals surface area contributed by atoms with E-state index >= 15 is 0 Å². The van der Waals surface area contributed by atoms with Crippen LogP contribution >= 0.6 is 27.3 Å². The van der Waals surface area contributed by atoms with Crippen LogP contribution in [0.25, 0.3) is 0 Å². The molecule has 1 aromatic rings. The summed E-state index contributed by atoms with van der Waals surface area (Å²) >= 11 is 5.40. The van der Waals surface area contributed by atoms with E-state index in [0.717, 1.165) is 13.1 Å². The van der Waals surface area contributed by atoms with Crippen LogP contribution in [0.3, 0.4) is 0 Å². The zero-order valence-corrected chi connectivity index (χ0v) is 12.9. The van der Waals surface area contributed by atoms with E-state index in [1.165, 1.54) is 27.9 Å². The number of nitrogens with one attached hydrogen (secondary N) is 1. The Morgan fingerprint density at radius 3 is 2.62 bits per heavy atom. The van der Waals surface area contributed by atoms with Gasteiger partial charge in [0.25, 0.3) is 0 Å². The predicted molar refractivity (Wildman–Crippen MR) is 77.3 cm³/mol. The van der Waals surface area contributed by atoms with Crippen molar-refractivity contribution in [2.75, 3.05) is 13.1 Å². The lowest BCUT2D eigenvalue weighted by Crippen LogP contribution is -2.33. The number of thiophene rings is 1. The first-order valence-corrected chi connectivity index (χ1v) is 7.65. The van der Waals surface area contributed by atoms with E-state index in [1.807, 2.05) is 11.3 Å². The summed E-state index contributed by atoms with van der Waals surface area (Å²) in [4.78, 5) is 1.49. The molecule has 0 aliphatic carbocycles. The third-order valence-corrected chi connectivity index (χ3v) is 4.51. The molecule has 1 nitrogen and oxygen atoms in total. The third kappa shape index (κ3) is 4.56. The largest absolute Gasteiger partial charge is 0.316 e. The van der Waals surface area contributed by atoms with Crippen LogP contribution in [0.15, 0.2) is 15.9 Å². The van der Waals surface area contributed by atoms with Crippen LogP contribution < -0.4 is 5.32 Å². The van der Waals surface area contributed by atoms with Crippen LogP contribution in [0.2, 0.25) is 0 Å². The van der Waals surface area contributed by atoms with Gasteiger partial charge in [-0.2, -0.15) is 0 Å². The molecule has 1 atom stereocenters. The molecule has 16 heavy (non-hydrogen) atoms. The number of halogens is 1. The van der Waals surface area contributed by atoms with E-state index in [-0.39, 0.29) is 0 Å². The first kappa shape index (κ1) is 14.2. The summed E-state index contributed by atoms with van der Waals surface area (Å²) in [5, 5.41) is 3.49. The van der Waals surface area contributed by atoms with Gasteiger partial charge in [-0.3, -0.25) is 0 Å². The monoisotopic (exact) mass is 303 g/mol. The molecule has 0 fully saturated rings. The Morgan fingerprint density at radius 1 is 1.38 bits per heavy atom. The second-order valence-corrected chi connectivity index (χ2v) is 7.27. The second-order valence-electron chi connectivity index (χ2n) is 4.72. The van der Waals surface area contributed by atoms with Gasteiger partial charge in [0, 0.05) is 11.4 Å². The predicted octanol–water partition coefficient (Wildman–Crippen LogP) is 4.47. The first-order chi connectivity index (χ1) is 7.59. The smallest absolute Gasteiger partial charge is 0.0701 e. The van der Waals surface area contributed by atoms with Gasteiger partial charge in [-0.25, -0.2) is 0 Å². The lowest BCUT2D eigenvalue weighted by molar-refractivity contribution is 0.279. The molecule has 1 rings (SSSR count). The molecule has 1 heterocycles. The third-order valence-electron chi connectivity index (χ3n) is 2.89. The molecule has 0 saturated heterocycles. The van der Waals surface area contributed by atoms with Crippen LogP contribution in [0.4, 0.5) is 0 Å². The molecule has 1 N–H and O–H groups in total. The highest BCUT2D eigenvalue weighted by molar-refractivity contribution is 9.11. The molecular weight excluding hydrogens is 282 g/mol. The number of hydrogen-bond donors (Lipinski definition) is 1. The maximum Gasteiger partial charge on any atom is 0.0701 e. The lowest BCUT2D eigenvalue weighted by Gasteiger charge is -2.29. The molecule has 0 aromatic carbocycles. The SMILES string of the molecule is CCCC(C)(CNCC)Cc1ccc(Br)s1. The fraction of sp³-hybridized carbons (Fsp3) is 0.692. The number of rotatable bonds is 7. The van der Waals surface area contributed by atoms with Gasteiger partial charge in [0.1, 0.15) is 0 Å². The summed E-state index contributed by atoms with van der Waals surface area (Å²) in [7, 11) is 0. The minimum absolute atomic E-state index is 0.398. The highest BCUT2D eigenvalue weighted by Gasteiger charge is 2.23. The summed E-state index contributed by atoms with van der Waals surface area (Å²) in [5.74, 6) is 0. The zero-order valence-electron chi connectivity index (χ0n) is 10.5. The van der Waals surface area contributed by atoms with Gasteiger partial charge >= 0.3 is 0 Å². The van der Waals surface area contributed by atoms with Gasteiger partial charge in [-0.1, -0.05) is 27.2 Å². The summed E-state index contributed by atoms with van der Waals surface area (Å²) < 4.78 is 1.24. The Kier molecular flexibility index (Phi) is 6.01. The maximum atomic E-state index is 3.53. The van der Waals surface area contributed by atoms with Crippen LogP contribution in [-0.4, -0.2) is 13.1 Å². The molecule has 3 heteroatoms. The van der Waals surface area contributed by atoms with Gasteiger partial charge in [0.05, 0.1) is 3.79 Å². The highest BCUT2D eigenvalue weighted by atomic mass is 79.9. The first-order valence-electron chi connectivity index (χ1n) is 6.04. The average molecular weight is 304 g/mol. The van der Waals surface area contributed by atoms with Gasteiger partial charge < -0.3 is 5.32 Å². The molecule has 92 valence electrons. The number of hydrogen-bond acceptors (Lipinski definition) is 2. The Labute approximate surface area is 112 Å². The topological polar surface area (TPSA) is 12.0 Å². The quantitative estimate of drug-likeness (QED) is 0.783. The van der Waals surface area contributed by atoms with Crippen molar-refractivity contribution in [3.05, 3.63) is 20.8 Å². The summed E-state index contributed by atoms with van der Waals surface area (Å²) in [6.07, 6.45) is 3.73. The fourth-order valence-corrected chi connectivity index (χ4v) is 3.84. The van der Waals surface area contributed by atoms with Crippen LogP contribution in [-0.2, 0) is 6.42 Å². The molecule has 1 aromatic heterocycles. The minimum Gasteiger partial charge on any atom is -0.316 e. The van der Waals surface area contributed by atoms with Crippen LogP contribution in [0, 0.1) is 5.41 Å². The molecule has 0 bridgehead atoms. The van der Waals surface area contributed by atoms with E-state index in [2.05, 4.69) is 54.2 Å². The van der Waals surface area contributed by atoms with Crippen molar-refractivity contribution in [1.82, 2.24) is 5.32 Å². The highest BCUT2D eigenvalue weighted by Crippen LogP contribution is 2.32. The average Bonchev–Trinajstić information content (AvgIpc) is 2.61.